The van der Waals surface area contributed by atoms with Crippen molar-refractivity contribution in [2.45, 2.75) is 51.2 Å². The Morgan fingerprint density at radius 1 is 1.12 bits per heavy atom. The van der Waals surface area contributed by atoms with Crippen LogP contribution in [0.25, 0.3) is 0 Å². The number of rotatable bonds is 4. The van der Waals surface area contributed by atoms with E-state index in [0.29, 0.717) is 42.6 Å². The molecule has 1 aromatic carbocycles. The van der Waals surface area contributed by atoms with E-state index in [0.717, 1.165) is 36.7 Å². The third kappa shape index (κ3) is 7.71. The van der Waals surface area contributed by atoms with Crippen LogP contribution < -0.4 is 21.7 Å². The molecule has 9 nitrogen and oxygen atoms in total. The van der Waals surface area contributed by atoms with Crippen molar-refractivity contribution in [1.82, 2.24) is 15.3 Å². The number of benzene rings is 1. The molecule has 1 aliphatic rings. The fourth-order valence-corrected chi connectivity index (χ4v) is 4.51. The lowest BCUT2D eigenvalue weighted by molar-refractivity contribution is -0.137. The maximum Gasteiger partial charge on any atom is 0.416 e. The Balaban J connectivity index is 1.56. The second-order valence-corrected chi connectivity index (χ2v) is 10.0. The molecule has 2 amide bonds. The van der Waals surface area contributed by atoms with Gasteiger partial charge in [-0.3, -0.25) is 15.0 Å². The Morgan fingerprint density at radius 2 is 1.86 bits per heavy atom. The van der Waals surface area contributed by atoms with Crippen molar-refractivity contribution in [2.75, 3.05) is 22.9 Å². The maximum atomic E-state index is 13.0. The molecule has 42 heavy (non-hydrogen) atoms. The first-order valence-electron chi connectivity index (χ1n) is 13.5. The van der Waals surface area contributed by atoms with Crippen LogP contribution in [-0.2, 0) is 17.4 Å². The Hall–Kier alpha value is -4.74. The van der Waals surface area contributed by atoms with E-state index < -0.39 is 17.6 Å². The molecule has 1 atom stereocenters. The molecular weight excluding hydrogens is 547 g/mol. The molecule has 12 heteroatoms. The second kappa shape index (κ2) is 13.3. The van der Waals surface area contributed by atoms with Crippen LogP contribution in [0, 0.1) is 5.41 Å². The van der Waals surface area contributed by atoms with E-state index in [1.807, 2.05) is 19.1 Å². The standard InChI is InChI=1S/C30H32F3N7O2/c1-18-12-14-37-27-21(6-4-2-3-5-7-24(41)39-18)17-38-28(35)25(27)26(34)19-8-10-20(11-9-19)29(42)40-23-16-22(13-15-36-23)30(31,32)33/h2,4,8-11,13,15-18,34,37H,3,5-7,12,14H2,1H3,(H2,35,38)(H,39,41)(H,36,40,42)/b4-2-,34-26?/t18-/m1/s1. The number of allylic oxidation sites excluding steroid dienone is 2. The van der Waals surface area contributed by atoms with Crippen LogP contribution in [0.3, 0.4) is 0 Å². The molecule has 0 unspecified atom stereocenters. The number of alkyl halides is 3. The van der Waals surface area contributed by atoms with E-state index in [1.54, 1.807) is 18.3 Å². The molecule has 0 saturated heterocycles. The quantitative estimate of drug-likeness (QED) is 0.209. The summed E-state index contributed by atoms with van der Waals surface area (Å²) in [6.07, 6.45) is 5.32. The van der Waals surface area contributed by atoms with Gasteiger partial charge in [0.1, 0.15) is 11.6 Å². The zero-order valence-corrected chi connectivity index (χ0v) is 23.0. The van der Waals surface area contributed by atoms with Crippen molar-refractivity contribution in [1.29, 1.82) is 5.41 Å². The summed E-state index contributed by atoms with van der Waals surface area (Å²) in [5.41, 5.74) is 8.02. The number of nitrogen functional groups attached to an aromatic ring is 1. The largest absolute Gasteiger partial charge is 0.416 e. The maximum absolute atomic E-state index is 13.0. The highest BCUT2D eigenvalue weighted by atomic mass is 19.4. The highest BCUT2D eigenvalue weighted by molar-refractivity contribution is 6.17. The summed E-state index contributed by atoms with van der Waals surface area (Å²) in [5, 5.41) is 17.7. The van der Waals surface area contributed by atoms with Crippen LogP contribution in [0.2, 0.25) is 0 Å². The van der Waals surface area contributed by atoms with Crippen molar-refractivity contribution in [3.8, 4) is 0 Å². The van der Waals surface area contributed by atoms with Gasteiger partial charge in [0.15, 0.2) is 0 Å². The van der Waals surface area contributed by atoms with Gasteiger partial charge < -0.3 is 21.7 Å². The smallest absolute Gasteiger partial charge is 0.384 e. The first-order chi connectivity index (χ1) is 20.0. The predicted octanol–water partition coefficient (Wildman–Crippen LogP) is 5.34. The lowest BCUT2D eigenvalue weighted by atomic mass is 9.97. The van der Waals surface area contributed by atoms with Gasteiger partial charge in [-0.25, -0.2) is 9.97 Å². The summed E-state index contributed by atoms with van der Waals surface area (Å²) in [6.45, 7) is 2.46. The molecule has 1 aliphatic heterocycles. The molecule has 4 rings (SSSR count). The van der Waals surface area contributed by atoms with E-state index in [-0.39, 0.29) is 34.9 Å². The van der Waals surface area contributed by atoms with Crippen molar-refractivity contribution in [3.05, 3.63) is 88.8 Å². The predicted molar refractivity (Wildman–Crippen MR) is 156 cm³/mol. The van der Waals surface area contributed by atoms with Crippen LogP contribution in [0.4, 0.5) is 30.5 Å². The van der Waals surface area contributed by atoms with Crippen LogP contribution in [0.5, 0.6) is 0 Å². The van der Waals surface area contributed by atoms with Gasteiger partial charge in [-0.05, 0) is 62.4 Å². The van der Waals surface area contributed by atoms with E-state index in [9.17, 15) is 22.8 Å². The zero-order chi connectivity index (χ0) is 30.3. The summed E-state index contributed by atoms with van der Waals surface area (Å²) in [4.78, 5) is 33.0. The minimum atomic E-state index is -4.56. The average Bonchev–Trinajstić information content (AvgIpc) is 2.95. The Labute approximate surface area is 241 Å². The fourth-order valence-electron chi connectivity index (χ4n) is 4.51. The first-order valence-corrected chi connectivity index (χ1v) is 13.5. The number of nitrogens with zero attached hydrogens (tertiary/aromatic N) is 2. The number of pyridine rings is 2. The van der Waals surface area contributed by atoms with Crippen molar-refractivity contribution in [2.24, 2.45) is 0 Å². The minimum Gasteiger partial charge on any atom is -0.384 e. The van der Waals surface area contributed by atoms with Gasteiger partial charge >= 0.3 is 6.18 Å². The highest BCUT2D eigenvalue weighted by Gasteiger charge is 2.31. The number of nitrogens with one attached hydrogen (secondary N) is 4. The van der Waals surface area contributed by atoms with Crippen LogP contribution >= 0.6 is 0 Å². The Kier molecular flexibility index (Phi) is 9.56. The van der Waals surface area contributed by atoms with Gasteiger partial charge in [0.2, 0.25) is 5.91 Å². The van der Waals surface area contributed by atoms with Gasteiger partial charge in [-0.15, -0.1) is 0 Å². The van der Waals surface area contributed by atoms with Crippen LogP contribution in [-0.4, -0.2) is 40.1 Å². The third-order valence-corrected chi connectivity index (χ3v) is 6.77. The van der Waals surface area contributed by atoms with Gasteiger partial charge in [0.05, 0.1) is 22.5 Å². The molecule has 0 saturated carbocycles. The van der Waals surface area contributed by atoms with Crippen LogP contribution in [0.15, 0.2) is 60.9 Å². The van der Waals surface area contributed by atoms with Crippen LogP contribution in [0.1, 0.15) is 65.2 Å². The Bertz CT molecular complexity index is 1490. The second-order valence-electron chi connectivity index (χ2n) is 10.0. The van der Waals surface area contributed by atoms with Gasteiger partial charge in [0, 0.05) is 42.5 Å². The number of hydrogen-bond acceptors (Lipinski definition) is 7. The normalized spacial score (nSPS) is 17.1. The number of amides is 2. The molecule has 220 valence electrons. The highest BCUT2D eigenvalue weighted by Crippen LogP contribution is 2.31. The summed E-state index contributed by atoms with van der Waals surface area (Å²) in [6, 6.07) is 7.61. The fraction of sp³-hybridized carbons (Fsp3) is 0.300. The van der Waals surface area contributed by atoms with Gasteiger partial charge in [-0.1, -0.05) is 24.3 Å². The van der Waals surface area contributed by atoms with Crippen molar-refractivity contribution in [3.63, 3.8) is 0 Å². The number of halogens is 3. The topological polar surface area (TPSA) is 146 Å². The number of fused-ring (bicyclic) bond motifs is 1. The molecule has 0 fully saturated rings. The molecule has 6 N–H and O–H groups in total. The van der Waals surface area contributed by atoms with Crippen molar-refractivity contribution < 1.29 is 22.8 Å². The molecule has 0 aliphatic carbocycles. The third-order valence-electron chi connectivity index (χ3n) is 6.77. The molecule has 0 spiro atoms. The molecule has 2 aromatic heterocycles. The van der Waals surface area contributed by atoms with Crippen molar-refractivity contribution >= 4 is 34.8 Å². The SMILES string of the molecule is C[C@@H]1CCNc2c(cnc(N)c2C(=N)c2ccc(C(=O)Nc3cc(C(F)(F)F)ccn3)cc2)C/C=C\CCCC(=O)N1. The summed E-state index contributed by atoms with van der Waals surface area (Å²) >= 11 is 0. The molecular formula is C30H32F3N7O2. The van der Waals surface area contributed by atoms with Gasteiger partial charge in [-0.2, -0.15) is 13.2 Å². The average molecular weight is 580 g/mol. The lowest BCUT2D eigenvalue weighted by Crippen LogP contribution is -2.33. The first kappa shape index (κ1) is 30.2. The number of carbonyl (C=O) groups excluding carboxylic acids is 2. The Morgan fingerprint density at radius 3 is 2.60 bits per heavy atom. The minimum absolute atomic E-state index is 0.0208. The van der Waals surface area contributed by atoms with E-state index in [1.165, 1.54) is 12.1 Å². The lowest BCUT2D eigenvalue weighted by Gasteiger charge is -2.20. The number of carbonyl (C=O) groups is 2. The number of hydrogen-bond donors (Lipinski definition) is 5. The number of aromatic nitrogens is 2. The van der Waals surface area contributed by atoms with E-state index in [2.05, 4.69) is 25.9 Å². The van der Waals surface area contributed by atoms with E-state index in [4.69, 9.17) is 11.1 Å². The summed E-state index contributed by atoms with van der Waals surface area (Å²) in [7, 11) is 0. The summed E-state index contributed by atoms with van der Waals surface area (Å²) in [5.74, 6) is -0.693. The monoisotopic (exact) mass is 579 g/mol. The molecule has 0 radical (unpaired) electrons. The zero-order valence-electron chi connectivity index (χ0n) is 23.0. The molecule has 0 bridgehead atoms. The molecule has 3 aromatic rings. The van der Waals surface area contributed by atoms with E-state index >= 15 is 0 Å². The number of nitrogens with two attached hydrogens (primary N) is 1. The molecule has 3 heterocycles. The summed E-state index contributed by atoms with van der Waals surface area (Å²) < 4.78 is 39.0. The number of anilines is 3. The van der Waals surface area contributed by atoms with Gasteiger partial charge in [0.25, 0.3) is 5.91 Å².